The fourth-order valence-corrected chi connectivity index (χ4v) is 2.58. The van der Waals surface area contributed by atoms with E-state index in [0.717, 1.165) is 0 Å². The van der Waals surface area contributed by atoms with Gasteiger partial charge in [0.15, 0.2) is 0 Å². The first-order chi connectivity index (χ1) is 6.68. The van der Waals surface area contributed by atoms with Crippen LogP contribution in [0.15, 0.2) is 4.90 Å². The Labute approximate surface area is 138 Å². The fourth-order valence-electron chi connectivity index (χ4n) is 1.61. The predicted octanol–water partition coefficient (Wildman–Crippen LogP) is -2.32. The average molecular weight is 268 g/mol. The Balaban J connectivity index is 0.00000225. The van der Waals surface area contributed by atoms with E-state index in [1.54, 1.807) is 6.92 Å². The van der Waals surface area contributed by atoms with Crippen LogP contribution in [0, 0.1) is 20.8 Å². The normalized spacial score (nSPS) is 11.0. The molecule has 0 aliphatic heterocycles. The molecule has 0 fully saturated rings. The van der Waals surface area contributed by atoms with Gasteiger partial charge in [-0.05, 0) is 37.5 Å². The summed E-state index contributed by atoms with van der Waals surface area (Å²) in [6, 6.07) is 0. The van der Waals surface area contributed by atoms with Crippen molar-refractivity contribution in [3.63, 3.8) is 0 Å². The number of nitrogens with two attached hydrogens (primary N) is 2. The zero-order valence-corrected chi connectivity index (χ0v) is 13.7. The van der Waals surface area contributed by atoms with Crippen molar-refractivity contribution in [3.8, 4) is 0 Å². The van der Waals surface area contributed by atoms with Gasteiger partial charge in [0.25, 0.3) is 0 Å². The van der Waals surface area contributed by atoms with Gasteiger partial charge in [0.1, 0.15) is 10.1 Å². The second kappa shape index (κ2) is 5.34. The zero-order chi connectivity index (χ0) is 12.0. The van der Waals surface area contributed by atoms with Gasteiger partial charge in [0, 0.05) is 11.4 Å². The van der Waals surface area contributed by atoms with E-state index in [2.05, 4.69) is 0 Å². The molecule has 0 aliphatic carbocycles. The second-order valence-electron chi connectivity index (χ2n) is 3.49. The second-order valence-corrected chi connectivity index (χ2v) is 4.80. The number of benzene rings is 1. The molecule has 4 N–H and O–H groups in total. The molecule has 0 saturated carbocycles. The Morgan fingerprint density at radius 1 is 0.938 bits per heavy atom. The minimum absolute atomic E-state index is 0. The van der Waals surface area contributed by atoms with Gasteiger partial charge in [-0.15, -0.1) is 0 Å². The molecule has 0 heterocycles. The van der Waals surface area contributed by atoms with Crippen LogP contribution in [0.25, 0.3) is 0 Å². The summed E-state index contributed by atoms with van der Waals surface area (Å²) in [7, 11) is -4.54. The van der Waals surface area contributed by atoms with Crippen molar-refractivity contribution in [2.24, 2.45) is 0 Å². The number of rotatable bonds is 1. The molecule has 0 bridgehead atoms. The molecule has 84 valence electrons. The number of hydrogen-bond donors (Lipinski definition) is 2. The van der Waals surface area contributed by atoms with E-state index in [1.165, 1.54) is 13.8 Å². The smallest absolute Gasteiger partial charge is 0.744 e. The van der Waals surface area contributed by atoms with Crippen molar-refractivity contribution >= 4 is 21.5 Å². The predicted molar refractivity (Wildman–Crippen MR) is 57.4 cm³/mol. The van der Waals surface area contributed by atoms with Gasteiger partial charge in [-0.3, -0.25) is 0 Å². The molecular formula is C9H13KN2O3S. The minimum atomic E-state index is -4.54. The topological polar surface area (TPSA) is 109 Å². The van der Waals surface area contributed by atoms with Gasteiger partial charge >= 0.3 is 51.4 Å². The maximum atomic E-state index is 11.0. The average Bonchev–Trinajstić information content (AvgIpc) is 2.09. The van der Waals surface area contributed by atoms with Gasteiger partial charge < -0.3 is 16.0 Å². The van der Waals surface area contributed by atoms with Gasteiger partial charge in [-0.25, -0.2) is 8.42 Å². The molecule has 1 aromatic rings. The van der Waals surface area contributed by atoms with Crippen LogP contribution in [0.3, 0.4) is 0 Å². The third-order valence-corrected chi connectivity index (χ3v) is 3.66. The van der Waals surface area contributed by atoms with Crippen molar-refractivity contribution < 1.29 is 64.4 Å². The minimum Gasteiger partial charge on any atom is -0.744 e. The van der Waals surface area contributed by atoms with Crippen molar-refractivity contribution in [3.05, 3.63) is 16.7 Å². The van der Waals surface area contributed by atoms with E-state index in [9.17, 15) is 13.0 Å². The molecule has 1 aromatic carbocycles. The Morgan fingerprint density at radius 3 is 1.50 bits per heavy atom. The molecule has 0 saturated heterocycles. The standard InChI is InChI=1S/C9H14N2O3S.K/c1-4-7(10)5(2)9(15(12,13)14)6(3)8(4)11;/h10-11H2,1-3H3,(H,12,13,14);/q;+1/p-1. The summed E-state index contributed by atoms with van der Waals surface area (Å²) in [4.78, 5) is -0.303. The maximum absolute atomic E-state index is 11.0. The van der Waals surface area contributed by atoms with Gasteiger partial charge in [-0.1, -0.05) is 0 Å². The number of anilines is 2. The van der Waals surface area contributed by atoms with Crippen LogP contribution in [-0.4, -0.2) is 13.0 Å². The molecule has 7 heteroatoms. The van der Waals surface area contributed by atoms with E-state index in [1.807, 2.05) is 0 Å². The Morgan fingerprint density at radius 2 is 1.25 bits per heavy atom. The first-order valence-corrected chi connectivity index (χ1v) is 5.69. The number of nitrogen functional groups attached to an aromatic ring is 2. The molecular weight excluding hydrogens is 255 g/mol. The third-order valence-electron chi connectivity index (χ3n) is 2.55. The first kappa shape index (κ1) is 16.4. The maximum Gasteiger partial charge on any atom is 1.00 e. The van der Waals surface area contributed by atoms with Gasteiger partial charge in [0.2, 0.25) is 0 Å². The first-order valence-electron chi connectivity index (χ1n) is 4.28. The fraction of sp³-hybridized carbons (Fsp3) is 0.333. The van der Waals surface area contributed by atoms with E-state index in [4.69, 9.17) is 11.5 Å². The zero-order valence-electron chi connectivity index (χ0n) is 9.79. The molecule has 0 spiro atoms. The van der Waals surface area contributed by atoms with Crippen LogP contribution in [-0.2, 0) is 10.1 Å². The molecule has 0 atom stereocenters. The summed E-state index contributed by atoms with van der Waals surface area (Å²) in [5.74, 6) is 0. The summed E-state index contributed by atoms with van der Waals surface area (Å²) in [5, 5.41) is 0. The number of hydrogen-bond acceptors (Lipinski definition) is 5. The SMILES string of the molecule is Cc1c(N)c(C)c(S(=O)(=O)[O-])c(C)c1N.[K+]. The van der Waals surface area contributed by atoms with Crippen LogP contribution in [0.1, 0.15) is 16.7 Å². The molecule has 0 radical (unpaired) electrons. The Bertz CT molecular complexity index is 497. The molecule has 5 nitrogen and oxygen atoms in total. The van der Waals surface area contributed by atoms with E-state index in [-0.39, 0.29) is 78.8 Å². The molecule has 0 amide bonds. The third kappa shape index (κ3) is 2.78. The molecule has 1 rings (SSSR count). The summed E-state index contributed by atoms with van der Waals surface area (Å²) in [6.45, 7) is 4.69. The summed E-state index contributed by atoms with van der Waals surface area (Å²) in [5.41, 5.74) is 13.0. The summed E-state index contributed by atoms with van der Waals surface area (Å²) < 4.78 is 33.1. The van der Waals surface area contributed by atoms with E-state index >= 15 is 0 Å². The van der Waals surface area contributed by atoms with Crippen LogP contribution >= 0.6 is 0 Å². The van der Waals surface area contributed by atoms with Crippen molar-refractivity contribution in [2.75, 3.05) is 11.5 Å². The summed E-state index contributed by atoms with van der Waals surface area (Å²) in [6.07, 6.45) is 0. The molecule has 0 aromatic heterocycles. The van der Waals surface area contributed by atoms with Crippen molar-refractivity contribution in [1.29, 1.82) is 0 Å². The quantitative estimate of drug-likeness (QED) is 0.338. The monoisotopic (exact) mass is 268 g/mol. The van der Waals surface area contributed by atoms with Crippen molar-refractivity contribution in [1.82, 2.24) is 0 Å². The molecule has 0 unspecified atom stereocenters. The molecule has 16 heavy (non-hydrogen) atoms. The van der Waals surface area contributed by atoms with Gasteiger partial charge in [0.05, 0.1) is 4.90 Å². The van der Waals surface area contributed by atoms with Gasteiger partial charge in [-0.2, -0.15) is 0 Å². The van der Waals surface area contributed by atoms with Crippen LogP contribution in [0.5, 0.6) is 0 Å². The van der Waals surface area contributed by atoms with Crippen LogP contribution in [0.4, 0.5) is 11.4 Å². The summed E-state index contributed by atoms with van der Waals surface area (Å²) >= 11 is 0. The van der Waals surface area contributed by atoms with E-state index < -0.39 is 10.1 Å². The largest absolute Gasteiger partial charge is 1.00 e. The van der Waals surface area contributed by atoms with Crippen LogP contribution in [0.2, 0.25) is 0 Å². The Kier molecular flexibility index (Phi) is 5.46. The molecule has 0 aliphatic rings. The van der Waals surface area contributed by atoms with Crippen molar-refractivity contribution in [2.45, 2.75) is 25.7 Å². The van der Waals surface area contributed by atoms with Crippen LogP contribution < -0.4 is 62.9 Å². The van der Waals surface area contributed by atoms with E-state index in [0.29, 0.717) is 5.56 Å². The Hall–Kier alpha value is 0.366.